The number of aromatic amines is 2. The van der Waals surface area contributed by atoms with Crippen molar-refractivity contribution in [2.75, 3.05) is 12.4 Å². The lowest BCUT2D eigenvalue weighted by atomic mass is 10.1. The smallest absolute Gasteiger partial charge is 0.314 e. The van der Waals surface area contributed by atoms with Crippen molar-refractivity contribution in [1.29, 1.82) is 0 Å². The molecule has 4 aromatic rings. The first-order chi connectivity index (χ1) is 13.0. The van der Waals surface area contributed by atoms with E-state index in [0.29, 0.717) is 39.3 Å². The molecule has 2 heterocycles. The number of amides is 1. The van der Waals surface area contributed by atoms with E-state index in [-0.39, 0.29) is 12.5 Å². The highest BCUT2D eigenvalue weighted by molar-refractivity contribution is 6.06. The fourth-order valence-electron chi connectivity index (χ4n) is 2.70. The number of aromatic nitrogens is 3. The largest absolute Gasteiger partial charge is 0.438 e. The lowest BCUT2D eigenvalue weighted by Gasteiger charge is -2.06. The number of methoxy groups -OCH3 is 1. The summed E-state index contributed by atoms with van der Waals surface area (Å²) in [6.45, 7) is 0.258. The van der Waals surface area contributed by atoms with Gasteiger partial charge in [0.2, 0.25) is 5.89 Å². The van der Waals surface area contributed by atoms with Crippen molar-refractivity contribution in [3.8, 4) is 0 Å². The number of nitrogens with zero attached hydrogens (tertiary/aromatic N) is 1. The van der Waals surface area contributed by atoms with E-state index in [0.717, 1.165) is 0 Å². The fourth-order valence-corrected chi connectivity index (χ4v) is 2.70. The predicted molar refractivity (Wildman–Crippen MR) is 97.9 cm³/mol. The van der Waals surface area contributed by atoms with E-state index in [4.69, 9.17) is 9.15 Å². The van der Waals surface area contributed by atoms with Crippen molar-refractivity contribution in [2.45, 2.75) is 6.61 Å². The van der Waals surface area contributed by atoms with Gasteiger partial charge in [-0.05, 0) is 36.4 Å². The molecule has 0 spiro atoms. The van der Waals surface area contributed by atoms with E-state index in [2.05, 4.69) is 20.3 Å². The van der Waals surface area contributed by atoms with Crippen LogP contribution in [-0.4, -0.2) is 28.0 Å². The minimum atomic E-state index is -0.775. The highest BCUT2D eigenvalue weighted by Crippen LogP contribution is 2.21. The number of carbonyl (C=O) groups excluding carboxylic acids is 1. The molecule has 3 N–H and O–H groups in total. The first-order valence-corrected chi connectivity index (χ1v) is 7.99. The molecule has 0 saturated heterocycles. The average molecular weight is 366 g/mol. The number of ether oxygens (including phenoxy) is 1. The quantitative estimate of drug-likeness (QED) is 0.472. The van der Waals surface area contributed by atoms with Crippen molar-refractivity contribution < 1.29 is 13.9 Å². The van der Waals surface area contributed by atoms with Gasteiger partial charge in [0, 0.05) is 18.4 Å². The molecule has 0 atom stereocenters. The Morgan fingerprint density at radius 3 is 2.67 bits per heavy atom. The summed E-state index contributed by atoms with van der Waals surface area (Å²) in [5.74, 6) is 0.0763. The predicted octanol–water partition coefficient (Wildman–Crippen LogP) is 1.76. The number of anilines is 1. The van der Waals surface area contributed by atoms with Crippen molar-refractivity contribution in [2.24, 2.45) is 0 Å². The van der Waals surface area contributed by atoms with E-state index in [1.165, 1.54) is 6.07 Å². The van der Waals surface area contributed by atoms with E-state index >= 15 is 0 Å². The summed E-state index contributed by atoms with van der Waals surface area (Å²) in [4.78, 5) is 44.5. The maximum absolute atomic E-state index is 12.5. The van der Waals surface area contributed by atoms with Gasteiger partial charge < -0.3 is 24.4 Å². The first-order valence-electron chi connectivity index (χ1n) is 7.99. The second-order valence-corrected chi connectivity index (χ2v) is 5.85. The Morgan fingerprint density at radius 1 is 1.11 bits per heavy atom. The van der Waals surface area contributed by atoms with Crippen LogP contribution in [0.1, 0.15) is 16.2 Å². The Labute approximate surface area is 151 Å². The van der Waals surface area contributed by atoms with Gasteiger partial charge in [-0.1, -0.05) is 0 Å². The van der Waals surface area contributed by atoms with Gasteiger partial charge in [0.1, 0.15) is 12.1 Å². The van der Waals surface area contributed by atoms with Crippen LogP contribution in [0.4, 0.5) is 5.69 Å². The lowest BCUT2D eigenvalue weighted by Crippen LogP contribution is -2.29. The number of nitrogens with one attached hydrogen (secondary N) is 3. The number of H-pyrrole nitrogens is 2. The minimum Gasteiger partial charge on any atom is -0.438 e. The van der Waals surface area contributed by atoms with E-state index < -0.39 is 11.1 Å². The van der Waals surface area contributed by atoms with Crippen LogP contribution in [0.15, 0.2) is 50.4 Å². The number of benzene rings is 2. The molecule has 0 aliphatic carbocycles. The summed E-state index contributed by atoms with van der Waals surface area (Å²) in [6.07, 6.45) is 0. The van der Waals surface area contributed by atoms with Crippen LogP contribution in [0.2, 0.25) is 0 Å². The SMILES string of the molecule is COCc1nc2cc(NC(=O)c3ccc4[nH]c(=O)c(=O)[nH]c4c3)ccc2o1. The third-order valence-corrected chi connectivity index (χ3v) is 3.94. The highest BCUT2D eigenvalue weighted by atomic mass is 16.5. The number of rotatable bonds is 4. The molecule has 27 heavy (non-hydrogen) atoms. The molecule has 9 nitrogen and oxygen atoms in total. The lowest BCUT2D eigenvalue weighted by molar-refractivity contribution is 0.102. The summed E-state index contributed by atoms with van der Waals surface area (Å²) in [6, 6.07) is 9.70. The van der Waals surface area contributed by atoms with Gasteiger partial charge in [-0.2, -0.15) is 0 Å². The molecular formula is C18H14N4O5. The Hall–Kier alpha value is -3.72. The van der Waals surface area contributed by atoms with Crippen LogP contribution >= 0.6 is 0 Å². The molecule has 0 saturated carbocycles. The average Bonchev–Trinajstić information content (AvgIpc) is 3.04. The maximum Gasteiger partial charge on any atom is 0.314 e. The second-order valence-electron chi connectivity index (χ2n) is 5.85. The third kappa shape index (κ3) is 3.23. The zero-order chi connectivity index (χ0) is 19.0. The minimum absolute atomic E-state index is 0.258. The Balaban J connectivity index is 1.62. The standard InChI is InChI=1S/C18H14N4O5/c1-26-8-15-20-13-7-10(3-5-14(13)27-15)19-16(23)9-2-4-11-12(6-9)22-18(25)17(24)21-11/h2-7H,8H2,1H3,(H,19,23)(H,21,24)(H,22,25). The van der Waals surface area contributed by atoms with Gasteiger partial charge in [0.05, 0.1) is 11.0 Å². The monoisotopic (exact) mass is 366 g/mol. The number of carbonyl (C=O) groups is 1. The Morgan fingerprint density at radius 2 is 1.89 bits per heavy atom. The number of fused-ring (bicyclic) bond motifs is 2. The molecule has 0 fully saturated rings. The molecule has 136 valence electrons. The number of hydrogen-bond donors (Lipinski definition) is 3. The molecular weight excluding hydrogens is 352 g/mol. The van der Waals surface area contributed by atoms with Gasteiger partial charge in [-0.3, -0.25) is 14.4 Å². The molecule has 0 radical (unpaired) electrons. The highest BCUT2D eigenvalue weighted by Gasteiger charge is 2.11. The maximum atomic E-state index is 12.5. The number of oxazole rings is 1. The molecule has 0 bridgehead atoms. The summed E-state index contributed by atoms with van der Waals surface area (Å²) in [5.41, 5.74) is 1.34. The zero-order valence-electron chi connectivity index (χ0n) is 14.2. The normalized spacial score (nSPS) is 11.1. The molecule has 1 amide bonds. The van der Waals surface area contributed by atoms with Crippen LogP contribution in [0, 0.1) is 0 Å². The van der Waals surface area contributed by atoms with Crippen LogP contribution in [0.25, 0.3) is 22.1 Å². The molecule has 4 rings (SSSR count). The van der Waals surface area contributed by atoms with E-state index in [9.17, 15) is 14.4 Å². The fraction of sp³-hybridized carbons (Fsp3) is 0.111. The first kappa shape index (κ1) is 16.7. The van der Waals surface area contributed by atoms with Crippen molar-refractivity contribution >= 4 is 33.7 Å². The Bertz CT molecular complexity index is 1280. The van der Waals surface area contributed by atoms with E-state index in [1.807, 2.05) is 0 Å². The second kappa shape index (κ2) is 6.54. The summed E-state index contributed by atoms with van der Waals surface area (Å²) in [7, 11) is 1.55. The van der Waals surface area contributed by atoms with Crippen molar-refractivity contribution in [1.82, 2.24) is 15.0 Å². The van der Waals surface area contributed by atoms with Crippen LogP contribution in [0.3, 0.4) is 0 Å². The van der Waals surface area contributed by atoms with Gasteiger partial charge in [-0.15, -0.1) is 0 Å². The van der Waals surface area contributed by atoms with E-state index in [1.54, 1.807) is 37.4 Å². The molecule has 2 aromatic heterocycles. The van der Waals surface area contributed by atoms with Crippen molar-refractivity contribution in [3.05, 3.63) is 68.6 Å². The molecule has 0 unspecified atom stereocenters. The summed E-state index contributed by atoms with van der Waals surface area (Å²) in [5, 5.41) is 2.77. The molecule has 0 aliphatic heterocycles. The number of hydrogen-bond acceptors (Lipinski definition) is 6. The van der Waals surface area contributed by atoms with Gasteiger partial charge in [0.25, 0.3) is 5.91 Å². The zero-order valence-corrected chi connectivity index (χ0v) is 14.2. The Kier molecular flexibility index (Phi) is 4.05. The van der Waals surface area contributed by atoms with Crippen LogP contribution < -0.4 is 16.4 Å². The third-order valence-electron chi connectivity index (χ3n) is 3.94. The molecule has 0 aliphatic rings. The van der Waals surface area contributed by atoms with Crippen molar-refractivity contribution in [3.63, 3.8) is 0 Å². The van der Waals surface area contributed by atoms with Gasteiger partial charge in [0.15, 0.2) is 5.58 Å². The van der Waals surface area contributed by atoms with Gasteiger partial charge in [-0.25, -0.2) is 4.98 Å². The van der Waals surface area contributed by atoms with Crippen LogP contribution in [0.5, 0.6) is 0 Å². The topological polar surface area (TPSA) is 130 Å². The molecule has 2 aromatic carbocycles. The van der Waals surface area contributed by atoms with Crippen LogP contribution in [-0.2, 0) is 11.3 Å². The summed E-state index contributed by atoms with van der Waals surface area (Å²) >= 11 is 0. The summed E-state index contributed by atoms with van der Waals surface area (Å²) < 4.78 is 10.5. The molecule has 9 heteroatoms. The van der Waals surface area contributed by atoms with Gasteiger partial charge >= 0.3 is 11.1 Å².